The molecule has 0 saturated heterocycles. The van der Waals surface area contributed by atoms with Crippen molar-refractivity contribution in [2.24, 2.45) is 0 Å². The maximum atomic E-state index is 11.8. The molecule has 0 saturated carbocycles. The van der Waals surface area contributed by atoms with E-state index in [1.807, 2.05) is 12.1 Å². The number of rotatable bonds is 4. The van der Waals surface area contributed by atoms with E-state index >= 15 is 0 Å². The standard InChI is InChI=1S/C13H14INO/c1-3-5-8-15-13(16)11-9-10(4-2)6-7-12(11)14/h2,6-7,9H,3,5,8H2,1H3,(H,15,16). The maximum absolute atomic E-state index is 11.8. The molecule has 1 amide bonds. The van der Waals surface area contributed by atoms with Crippen LogP contribution in [0.1, 0.15) is 35.7 Å². The highest BCUT2D eigenvalue weighted by Gasteiger charge is 2.09. The van der Waals surface area contributed by atoms with E-state index in [9.17, 15) is 4.79 Å². The molecule has 0 bridgehead atoms. The molecule has 16 heavy (non-hydrogen) atoms. The second-order valence-corrected chi connectivity index (χ2v) is 4.61. The Morgan fingerprint density at radius 2 is 2.31 bits per heavy atom. The third kappa shape index (κ3) is 3.53. The molecule has 1 rings (SSSR count). The van der Waals surface area contributed by atoms with Crippen LogP contribution in [0.5, 0.6) is 0 Å². The molecule has 84 valence electrons. The quantitative estimate of drug-likeness (QED) is 0.514. The van der Waals surface area contributed by atoms with Crippen LogP contribution in [0.25, 0.3) is 0 Å². The van der Waals surface area contributed by atoms with Crippen LogP contribution < -0.4 is 5.32 Å². The molecular weight excluding hydrogens is 313 g/mol. The van der Waals surface area contributed by atoms with E-state index in [1.54, 1.807) is 6.07 Å². The molecule has 0 spiro atoms. The van der Waals surface area contributed by atoms with Crippen LogP contribution in [-0.4, -0.2) is 12.5 Å². The molecule has 2 nitrogen and oxygen atoms in total. The van der Waals surface area contributed by atoms with Crippen LogP contribution in [0, 0.1) is 15.9 Å². The number of terminal acetylenes is 1. The van der Waals surface area contributed by atoms with E-state index in [1.165, 1.54) is 0 Å². The summed E-state index contributed by atoms with van der Waals surface area (Å²) in [6.45, 7) is 2.81. The second kappa shape index (κ2) is 6.54. The zero-order chi connectivity index (χ0) is 12.0. The number of amides is 1. The zero-order valence-electron chi connectivity index (χ0n) is 9.22. The van der Waals surface area contributed by atoms with Crippen molar-refractivity contribution in [3.63, 3.8) is 0 Å². The minimum atomic E-state index is -0.0463. The van der Waals surface area contributed by atoms with Gasteiger partial charge in [-0.05, 0) is 47.2 Å². The summed E-state index contributed by atoms with van der Waals surface area (Å²) in [6.07, 6.45) is 7.37. The molecule has 1 aromatic carbocycles. The van der Waals surface area contributed by atoms with E-state index in [0.717, 1.165) is 22.0 Å². The largest absolute Gasteiger partial charge is 0.352 e. The predicted octanol–water partition coefficient (Wildman–Crippen LogP) is 2.80. The number of carbonyl (C=O) groups excluding carboxylic acids is 1. The summed E-state index contributed by atoms with van der Waals surface area (Å²) in [5, 5.41) is 2.88. The molecule has 0 aliphatic rings. The fourth-order valence-corrected chi connectivity index (χ4v) is 1.84. The third-order valence-corrected chi connectivity index (χ3v) is 3.13. The van der Waals surface area contributed by atoms with Crippen LogP contribution in [0.2, 0.25) is 0 Å². The van der Waals surface area contributed by atoms with E-state index in [2.05, 4.69) is 40.8 Å². The summed E-state index contributed by atoms with van der Waals surface area (Å²) in [5.41, 5.74) is 1.40. The number of nitrogens with one attached hydrogen (secondary N) is 1. The molecule has 0 aromatic heterocycles. The molecule has 0 unspecified atom stereocenters. The van der Waals surface area contributed by atoms with E-state index in [4.69, 9.17) is 6.42 Å². The third-order valence-electron chi connectivity index (χ3n) is 2.19. The SMILES string of the molecule is C#Cc1ccc(I)c(C(=O)NCCCC)c1. The number of unbranched alkanes of at least 4 members (excludes halogenated alkanes) is 1. The number of halogens is 1. The molecule has 3 heteroatoms. The van der Waals surface area contributed by atoms with Crippen LogP contribution in [0.4, 0.5) is 0 Å². The van der Waals surface area contributed by atoms with Crippen molar-refractivity contribution in [2.45, 2.75) is 19.8 Å². The zero-order valence-corrected chi connectivity index (χ0v) is 11.4. The minimum absolute atomic E-state index is 0.0463. The Balaban J connectivity index is 2.78. The molecule has 0 atom stereocenters. The fourth-order valence-electron chi connectivity index (χ4n) is 1.26. The Kier molecular flexibility index (Phi) is 5.33. The molecular formula is C13H14INO. The Bertz CT molecular complexity index is 420. The van der Waals surface area contributed by atoms with Gasteiger partial charge in [0, 0.05) is 15.7 Å². The van der Waals surface area contributed by atoms with Gasteiger partial charge in [0.15, 0.2) is 0 Å². The first-order valence-electron chi connectivity index (χ1n) is 5.23. The van der Waals surface area contributed by atoms with Crippen molar-refractivity contribution < 1.29 is 4.79 Å². The van der Waals surface area contributed by atoms with Gasteiger partial charge in [0.25, 0.3) is 5.91 Å². The summed E-state index contributed by atoms with van der Waals surface area (Å²) >= 11 is 2.14. The van der Waals surface area contributed by atoms with Crippen molar-refractivity contribution >= 4 is 28.5 Å². The van der Waals surface area contributed by atoms with Gasteiger partial charge < -0.3 is 5.32 Å². The average molecular weight is 327 g/mol. The van der Waals surface area contributed by atoms with Crippen molar-refractivity contribution in [1.82, 2.24) is 5.32 Å². The molecule has 1 aromatic rings. The highest BCUT2D eigenvalue weighted by Crippen LogP contribution is 2.14. The van der Waals surface area contributed by atoms with Gasteiger partial charge in [-0.2, -0.15) is 0 Å². The second-order valence-electron chi connectivity index (χ2n) is 3.45. The topological polar surface area (TPSA) is 29.1 Å². The summed E-state index contributed by atoms with van der Waals surface area (Å²) in [4.78, 5) is 11.8. The Morgan fingerprint density at radius 1 is 1.56 bits per heavy atom. The molecule has 1 N–H and O–H groups in total. The Labute approximate surface area is 110 Å². The van der Waals surface area contributed by atoms with Crippen molar-refractivity contribution in [1.29, 1.82) is 0 Å². The summed E-state index contributed by atoms with van der Waals surface area (Å²) in [6, 6.07) is 5.46. The number of benzene rings is 1. The summed E-state index contributed by atoms with van der Waals surface area (Å²) in [5.74, 6) is 2.49. The predicted molar refractivity (Wildman–Crippen MR) is 74.3 cm³/mol. The lowest BCUT2D eigenvalue weighted by Crippen LogP contribution is -2.25. The maximum Gasteiger partial charge on any atom is 0.252 e. The fraction of sp³-hybridized carbons (Fsp3) is 0.308. The van der Waals surface area contributed by atoms with Crippen LogP contribution in [-0.2, 0) is 0 Å². The van der Waals surface area contributed by atoms with Gasteiger partial charge in [-0.3, -0.25) is 4.79 Å². The van der Waals surface area contributed by atoms with Gasteiger partial charge in [0.1, 0.15) is 0 Å². The number of hydrogen-bond donors (Lipinski definition) is 1. The van der Waals surface area contributed by atoms with Crippen molar-refractivity contribution in [2.75, 3.05) is 6.54 Å². The lowest BCUT2D eigenvalue weighted by Gasteiger charge is -2.06. The van der Waals surface area contributed by atoms with Crippen LogP contribution in [0.15, 0.2) is 18.2 Å². The van der Waals surface area contributed by atoms with Gasteiger partial charge in [-0.25, -0.2) is 0 Å². The number of hydrogen-bond acceptors (Lipinski definition) is 1. The molecule has 0 aliphatic carbocycles. The van der Waals surface area contributed by atoms with E-state index in [0.29, 0.717) is 12.1 Å². The first kappa shape index (κ1) is 13.0. The van der Waals surface area contributed by atoms with Crippen LogP contribution >= 0.6 is 22.6 Å². The monoisotopic (exact) mass is 327 g/mol. The first-order chi connectivity index (χ1) is 7.69. The highest BCUT2D eigenvalue weighted by molar-refractivity contribution is 14.1. The first-order valence-corrected chi connectivity index (χ1v) is 6.31. The Hall–Kier alpha value is -1.02. The van der Waals surface area contributed by atoms with Gasteiger partial charge in [-0.1, -0.05) is 19.3 Å². The smallest absolute Gasteiger partial charge is 0.252 e. The van der Waals surface area contributed by atoms with Gasteiger partial charge in [0.2, 0.25) is 0 Å². The van der Waals surface area contributed by atoms with Crippen molar-refractivity contribution in [3.8, 4) is 12.3 Å². The van der Waals surface area contributed by atoms with Crippen LogP contribution in [0.3, 0.4) is 0 Å². The normalized spacial score (nSPS) is 9.56. The summed E-state index contributed by atoms with van der Waals surface area (Å²) in [7, 11) is 0. The minimum Gasteiger partial charge on any atom is -0.352 e. The van der Waals surface area contributed by atoms with E-state index in [-0.39, 0.29) is 5.91 Å². The molecule has 0 aliphatic heterocycles. The van der Waals surface area contributed by atoms with Gasteiger partial charge >= 0.3 is 0 Å². The van der Waals surface area contributed by atoms with Gasteiger partial charge in [0.05, 0.1) is 5.56 Å². The molecule has 0 fully saturated rings. The van der Waals surface area contributed by atoms with Gasteiger partial charge in [-0.15, -0.1) is 6.42 Å². The lowest BCUT2D eigenvalue weighted by molar-refractivity contribution is 0.0952. The number of carbonyl (C=O) groups is 1. The Morgan fingerprint density at radius 3 is 2.94 bits per heavy atom. The van der Waals surface area contributed by atoms with Crippen molar-refractivity contribution in [3.05, 3.63) is 32.9 Å². The lowest BCUT2D eigenvalue weighted by atomic mass is 10.1. The summed E-state index contributed by atoms with van der Waals surface area (Å²) < 4.78 is 0.922. The van der Waals surface area contributed by atoms with E-state index < -0.39 is 0 Å². The molecule has 0 radical (unpaired) electrons. The molecule has 0 heterocycles. The highest BCUT2D eigenvalue weighted by atomic mass is 127. The average Bonchev–Trinajstić information content (AvgIpc) is 2.30.